The van der Waals surface area contributed by atoms with E-state index in [0.29, 0.717) is 11.3 Å². The Labute approximate surface area is 140 Å². The lowest BCUT2D eigenvalue weighted by Crippen LogP contribution is -2.39. The Morgan fingerprint density at radius 1 is 0.917 bits per heavy atom. The first-order valence-corrected chi connectivity index (χ1v) is 7.72. The zero-order valence-electron chi connectivity index (χ0n) is 13.0. The minimum Gasteiger partial charge on any atom is -0.410 e. The largest absolute Gasteiger partial charge is 0.419 e. The first-order valence-electron chi connectivity index (χ1n) is 7.72. The Kier molecular flexibility index (Phi) is 4.87. The molecular weight excluding hydrogens is 302 g/mol. The van der Waals surface area contributed by atoms with E-state index in [-0.39, 0.29) is 18.2 Å². The van der Waals surface area contributed by atoms with Gasteiger partial charge in [0.15, 0.2) is 5.78 Å². The fourth-order valence-electron chi connectivity index (χ4n) is 2.47. The van der Waals surface area contributed by atoms with Gasteiger partial charge in [0.1, 0.15) is 5.75 Å². The van der Waals surface area contributed by atoms with Crippen molar-refractivity contribution in [3.05, 3.63) is 90.7 Å². The van der Waals surface area contributed by atoms with Crippen LogP contribution >= 0.6 is 0 Å². The molecule has 1 atom stereocenters. The van der Waals surface area contributed by atoms with Gasteiger partial charge in [-0.25, -0.2) is 4.79 Å². The van der Waals surface area contributed by atoms with Crippen LogP contribution in [0.25, 0.3) is 0 Å². The van der Waals surface area contributed by atoms with Crippen molar-refractivity contribution in [2.75, 3.05) is 0 Å². The molecule has 0 saturated carbocycles. The average Bonchev–Trinajstić information content (AvgIpc) is 2.63. The van der Waals surface area contributed by atoms with E-state index in [1.165, 1.54) is 4.90 Å². The number of carbonyl (C=O) groups is 2. The maximum absolute atomic E-state index is 12.4. The molecule has 1 heterocycles. The number of nitrogens with zero attached hydrogens (tertiary/aromatic N) is 1. The molecule has 0 bridgehead atoms. The summed E-state index contributed by atoms with van der Waals surface area (Å²) in [6, 6.07) is 17.6. The normalized spacial score (nSPS) is 16.0. The van der Waals surface area contributed by atoms with E-state index in [0.717, 1.165) is 0 Å². The van der Waals surface area contributed by atoms with Gasteiger partial charge in [0.25, 0.3) is 0 Å². The number of para-hydroxylation sites is 1. The molecule has 0 N–H and O–H groups in total. The molecule has 4 nitrogen and oxygen atoms in total. The first kappa shape index (κ1) is 15.7. The van der Waals surface area contributed by atoms with E-state index >= 15 is 0 Å². The monoisotopic (exact) mass is 319 g/mol. The fourth-order valence-corrected chi connectivity index (χ4v) is 2.47. The minimum absolute atomic E-state index is 0.0157. The van der Waals surface area contributed by atoms with Crippen molar-refractivity contribution in [2.45, 2.75) is 12.5 Å². The van der Waals surface area contributed by atoms with E-state index in [2.05, 4.69) is 0 Å². The van der Waals surface area contributed by atoms with Crippen molar-refractivity contribution in [3.63, 3.8) is 0 Å². The molecule has 120 valence electrons. The summed E-state index contributed by atoms with van der Waals surface area (Å²) in [5.74, 6) is 0.455. The molecule has 0 saturated heterocycles. The van der Waals surface area contributed by atoms with E-state index in [1.54, 1.807) is 48.7 Å². The number of ether oxygens (including phenoxy) is 1. The summed E-state index contributed by atoms with van der Waals surface area (Å²) in [7, 11) is 0. The lowest BCUT2D eigenvalue weighted by Gasteiger charge is -2.27. The van der Waals surface area contributed by atoms with Gasteiger partial charge < -0.3 is 4.74 Å². The molecule has 0 aromatic heterocycles. The van der Waals surface area contributed by atoms with Crippen molar-refractivity contribution in [1.82, 2.24) is 4.90 Å². The van der Waals surface area contributed by atoms with Crippen LogP contribution in [0.15, 0.2) is 85.1 Å². The average molecular weight is 319 g/mol. The van der Waals surface area contributed by atoms with Gasteiger partial charge >= 0.3 is 6.09 Å². The molecule has 1 amide bonds. The molecular formula is C20H17NO3. The van der Waals surface area contributed by atoms with Crippen LogP contribution in [-0.4, -0.2) is 22.8 Å². The summed E-state index contributed by atoms with van der Waals surface area (Å²) in [5.41, 5.74) is 0.636. The molecule has 1 aliphatic heterocycles. The highest BCUT2D eigenvalue weighted by Gasteiger charge is 2.25. The van der Waals surface area contributed by atoms with Crippen LogP contribution in [0, 0.1) is 0 Å². The number of hydrogen-bond donors (Lipinski definition) is 0. The number of hydrogen-bond acceptors (Lipinski definition) is 3. The lowest BCUT2D eigenvalue weighted by molar-refractivity contribution is 0.0955. The van der Waals surface area contributed by atoms with E-state index in [9.17, 15) is 9.59 Å². The first-order chi connectivity index (χ1) is 11.7. The predicted molar refractivity (Wildman–Crippen MR) is 91.8 cm³/mol. The maximum atomic E-state index is 12.4. The Morgan fingerprint density at radius 3 is 2.29 bits per heavy atom. The van der Waals surface area contributed by atoms with Crippen molar-refractivity contribution >= 4 is 11.9 Å². The predicted octanol–water partition coefficient (Wildman–Crippen LogP) is 4.21. The topological polar surface area (TPSA) is 46.6 Å². The zero-order chi connectivity index (χ0) is 16.8. The molecule has 1 unspecified atom stereocenters. The van der Waals surface area contributed by atoms with Crippen molar-refractivity contribution in [2.24, 2.45) is 0 Å². The highest BCUT2D eigenvalue weighted by molar-refractivity contribution is 5.96. The number of allylic oxidation sites excluding steroid dienone is 2. The van der Waals surface area contributed by atoms with Gasteiger partial charge in [-0.1, -0.05) is 60.7 Å². The number of Topliss-reactive ketones (excluding diaryl/α,β-unsaturated/α-hetero) is 1. The van der Waals surface area contributed by atoms with E-state index < -0.39 is 6.09 Å². The molecule has 24 heavy (non-hydrogen) atoms. The van der Waals surface area contributed by atoms with Crippen LogP contribution in [-0.2, 0) is 0 Å². The summed E-state index contributed by atoms with van der Waals surface area (Å²) in [6.07, 6.45) is 6.73. The van der Waals surface area contributed by atoms with Crippen LogP contribution in [0.2, 0.25) is 0 Å². The maximum Gasteiger partial charge on any atom is 0.419 e. The van der Waals surface area contributed by atoms with Crippen LogP contribution in [0.5, 0.6) is 5.75 Å². The van der Waals surface area contributed by atoms with Crippen LogP contribution < -0.4 is 4.74 Å². The van der Waals surface area contributed by atoms with Gasteiger partial charge in [-0.3, -0.25) is 9.69 Å². The van der Waals surface area contributed by atoms with Crippen LogP contribution in [0.4, 0.5) is 4.79 Å². The van der Waals surface area contributed by atoms with Crippen molar-refractivity contribution in [1.29, 1.82) is 0 Å². The standard InChI is InChI=1S/C20H17NO3/c22-19(16-9-3-1-4-10-16)15-17-11-7-8-14-21(17)20(23)24-18-12-5-2-6-13-18/h1-14,17H,15H2. The molecule has 2 aromatic rings. The van der Waals surface area contributed by atoms with E-state index in [1.807, 2.05) is 36.4 Å². The number of rotatable bonds is 4. The van der Waals surface area contributed by atoms with Crippen molar-refractivity contribution in [3.8, 4) is 5.75 Å². The Morgan fingerprint density at radius 2 is 1.58 bits per heavy atom. The number of carbonyl (C=O) groups excluding carboxylic acids is 2. The molecule has 1 aliphatic rings. The quantitative estimate of drug-likeness (QED) is 0.793. The minimum atomic E-state index is -0.507. The number of benzene rings is 2. The Balaban J connectivity index is 1.70. The van der Waals surface area contributed by atoms with Gasteiger partial charge in [-0.05, 0) is 18.2 Å². The smallest absolute Gasteiger partial charge is 0.410 e. The van der Waals surface area contributed by atoms with Gasteiger partial charge in [-0.2, -0.15) is 0 Å². The highest BCUT2D eigenvalue weighted by Crippen LogP contribution is 2.18. The van der Waals surface area contributed by atoms with Crippen molar-refractivity contribution < 1.29 is 14.3 Å². The second kappa shape index (κ2) is 7.42. The number of amides is 1. The Hall–Kier alpha value is -3.14. The van der Waals surface area contributed by atoms with Crippen LogP contribution in [0.1, 0.15) is 16.8 Å². The molecule has 0 spiro atoms. The van der Waals surface area contributed by atoms with Gasteiger partial charge in [0.05, 0.1) is 6.04 Å². The molecule has 0 radical (unpaired) electrons. The summed E-state index contributed by atoms with van der Waals surface area (Å²) < 4.78 is 5.36. The molecule has 0 fully saturated rings. The number of ketones is 1. The summed E-state index contributed by atoms with van der Waals surface area (Å²) in [6.45, 7) is 0. The molecule has 2 aromatic carbocycles. The molecule has 0 aliphatic carbocycles. The zero-order valence-corrected chi connectivity index (χ0v) is 13.0. The highest BCUT2D eigenvalue weighted by atomic mass is 16.6. The summed E-state index contributed by atoms with van der Waals surface area (Å²) in [5, 5.41) is 0. The van der Waals surface area contributed by atoms with Crippen LogP contribution in [0.3, 0.4) is 0 Å². The molecule has 4 heteroatoms. The molecule has 3 rings (SSSR count). The van der Waals surface area contributed by atoms with Gasteiger partial charge in [0.2, 0.25) is 0 Å². The van der Waals surface area contributed by atoms with Gasteiger partial charge in [-0.15, -0.1) is 0 Å². The lowest BCUT2D eigenvalue weighted by atomic mass is 10.0. The van der Waals surface area contributed by atoms with Gasteiger partial charge in [0, 0.05) is 18.2 Å². The third-order valence-corrected chi connectivity index (χ3v) is 3.70. The third kappa shape index (κ3) is 3.79. The summed E-state index contributed by atoms with van der Waals surface area (Å²) in [4.78, 5) is 26.2. The second-order valence-electron chi connectivity index (χ2n) is 5.38. The third-order valence-electron chi connectivity index (χ3n) is 3.70. The Bertz CT molecular complexity index is 766. The SMILES string of the molecule is O=C(CC1C=CC=CN1C(=O)Oc1ccccc1)c1ccccc1. The fraction of sp³-hybridized carbons (Fsp3) is 0.100. The summed E-state index contributed by atoms with van der Waals surface area (Å²) >= 11 is 0. The second-order valence-corrected chi connectivity index (χ2v) is 5.38. The van der Waals surface area contributed by atoms with E-state index in [4.69, 9.17) is 4.74 Å².